The van der Waals surface area contributed by atoms with Gasteiger partial charge in [-0.2, -0.15) is 0 Å². The van der Waals surface area contributed by atoms with Gasteiger partial charge in [0.25, 0.3) is 0 Å². The maximum Gasteiger partial charge on any atom is 0.183 e. The minimum atomic E-state index is -0.528. The zero-order valence-corrected chi connectivity index (χ0v) is 17.1. The fraction of sp³-hybridized carbons (Fsp3) is 0.200. The minimum Gasteiger partial charge on any atom is -0.453 e. The molecule has 10 heteroatoms. The molecule has 0 unspecified atom stereocenters. The smallest absolute Gasteiger partial charge is 0.183 e. The van der Waals surface area contributed by atoms with Crippen LogP contribution in [-0.4, -0.2) is 45.6 Å². The molecule has 0 aliphatic carbocycles. The van der Waals surface area contributed by atoms with E-state index in [0.717, 1.165) is 26.6 Å². The fourth-order valence-corrected chi connectivity index (χ4v) is 4.16. The topological polar surface area (TPSA) is 89.4 Å². The van der Waals surface area contributed by atoms with E-state index in [1.807, 2.05) is 17.7 Å². The molecule has 0 bridgehead atoms. The van der Waals surface area contributed by atoms with Gasteiger partial charge in [-0.15, -0.1) is 11.3 Å². The second-order valence-electron chi connectivity index (χ2n) is 6.75. The average molecular weight is 423 g/mol. The maximum atomic E-state index is 14.2. The quantitative estimate of drug-likeness (QED) is 0.351. The molecule has 0 spiro atoms. The van der Waals surface area contributed by atoms with Crippen molar-refractivity contribution in [2.45, 2.75) is 6.54 Å². The van der Waals surface area contributed by atoms with Gasteiger partial charge >= 0.3 is 0 Å². The molecule has 7 nitrogen and oxygen atoms in total. The third kappa shape index (κ3) is 4.02. The number of ether oxygens (including phenoxy) is 1. The highest BCUT2D eigenvalue weighted by Crippen LogP contribution is 2.39. The van der Waals surface area contributed by atoms with Crippen molar-refractivity contribution in [2.75, 3.05) is 18.9 Å². The summed E-state index contributed by atoms with van der Waals surface area (Å²) in [4.78, 5) is 11.3. The lowest BCUT2D eigenvalue weighted by Gasteiger charge is -2.15. The van der Waals surface area contributed by atoms with Gasteiger partial charge in [0.05, 0.1) is 33.6 Å². The number of pyridine rings is 1. The van der Waals surface area contributed by atoms with Gasteiger partial charge in [0, 0.05) is 44.2 Å². The van der Waals surface area contributed by atoms with Crippen molar-refractivity contribution in [3.63, 3.8) is 0 Å². The lowest BCUT2D eigenvalue weighted by molar-refractivity contribution is 0.254. The van der Waals surface area contributed by atoms with E-state index in [9.17, 15) is 4.39 Å². The van der Waals surface area contributed by atoms with E-state index in [-0.39, 0.29) is 12.4 Å². The Balaban J connectivity index is 1.66. The molecule has 4 rings (SSSR count). The van der Waals surface area contributed by atoms with E-state index >= 15 is 0 Å². The van der Waals surface area contributed by atoms with Crippen LogP contribution in [0.1, 0.15) is 5.69 Å². The van der Waals surface area contributed by atoms with Crippen molar-refractivity contribution in [1.29, 1.82) is 0 Å². The second kappa shape index (κ2) is 8.43. The molecule has 3 N–H and O–H groups in total. The third-order valence-corrected chi connectivity index (χ3v) is 5.74. The number of hydrogen-bond acceptors (Lipinski definition) is 7. The van der Waals surface area contributed by atoms with Gasteiger partial charge in [-0.1, -0.05) is 0 Å². The molecular formula is C20H19BFN5O2S. The second-order valence-corrected chi connectivity index (χ2v) is 7.80. The summed E-state index contributed by atoms with van der Waals surface area (Å²) in [6.45, 7) is 0.814. The van der Waals surface area contributed by atoms with Crippen LogP contribution in [0.5, 0.6) is 11.5 Å². The van der Waals surface area contributed by atoms with Crippen molar-refractivity contribution >= 4 is 35.2 Å². The van der Waals surface area contributed by atoms with E-state index in [4.69, 9.17) is 23.6 Å². The lowest BCUT2D eigenvalue weighted by atomic mass is 10.2. The predicted octanol–water partition coefficient (Wildman–Crippen LogP) is 3.09. The van der Waals surface area contributed by atoms with Crippen molar-refractivity contribution in [3.05, 3.63) is 54.2 Å². The van der Waals surface area contributed by atoms with Gasteiger partial charge in [0.1, 0.15) is 11.6 Å². The molecule has 152 valence electrons. The first-order valence-corrected chi connectivity index (χ1v) is 10.0. The first-order chi connectivity index (χ1) is 14.5. The summed E-state index contributed by atoms with van der Waals surface area (Å²) in [7, 11) is 7.79. The lowest BCUT2D eigenvalue weighted by Crippen LogP contribution is -2.24. The summed E-state index contributed by atoms with van der Waals surface area (Å²) in [5, 5.41) is 9.02. The molecule has 1 aromatic carbocycles. The van der Waals surface area contributed by atoms with Crippen LogP contribution in [-0.2, 0) is 13.6 Å². The Kier molecular flexibility index (Phi) is 5.71. The van der Waals surface area contributed by atoms with Crippen LogP contribution in [0, 0.1) is 5.82 Å². The van der Waals surface area contributed by atoms with Crippen LogP contribution < -0.4 is 10.5 Å². The predicted molar refractivity (Wildman–Crippen MR) is 116 cm³/mol. The monoisotopic (exact) mass is 423 g/mol. The van der Waals surface area contributed by atoms with Gasteiger partial charge in [-0.05, 0) is 18.2 Å². The van der Waals surface area contributed by atoms with Crippen molar-refractivity contribution in [2.24, 2.45) is 7.05 Å². The van der Waals surface area contributed by atoms with Gasteiger partial charge in [-0.3, -0.25) is 4.98 Å². The first-order valence-electron chi connectivity index (χ1n) is 9.19. The summed E-state index contributed by atoms with van der Waals surface area (Å²) in [5.41, 5.74) is 7.58. The zero-order valence-electron chi connectivity index (χ0n) is 16.2. The zero-order chi connectivity index (χ0) is 21.3. The summed E-state index contributed by atoms with van der Waals surface area (Å²) < 4.78 is 22.7. The normalized spacial score (nSPS) is 11.5. The highest BCUT2D eigenvalue weighted by atomic mass is 32.1. The Morgan fingerprint density at radius 2 is 2.10 bits per heavy atom. The first kappa shape index (κ1) is 20.3. The van der Waals surface area contributed by atoms with E-state index in [1.165, 1.54) is 28.3 Å². The maximum absolute atomic E-state index is 14.2. The molecule has 0 saturated carbocycles. The van der Waals surface area contributed by atoms with E-state index in [0.29, 0.717) is 24.5 Å². The molecule has 30 heavy (non-hydrogen) atoms. The number of anilines is 1. The standard InChI is InChI=1S/C20H19BFN5O2S/c1-26-13(11-27(21)6-7-28)10-25-20(26)18-9-15-19(30-18)17(4-5-24-15)29-16-3-2-12(23)8-14(16)22/h2-5,8-10,28H,6-7,11,23H2,1H3. The van der Waals surface area contributed by atoms with Crippen LogP contribution in [0.4, 0.5) is 10.1 Å². The Bertz CT molecular complexity index is 1200. The summed E-state index contributed by atoms with van der Waals surface area (Å²) >= 11 is 1.46. The summed E-state index contributed by atoms with van der Waals surface area (Å²) in [6, 6.07) is 7.93. The number of fused-ring (bicyclic) bond motifs is 1. The number of nitrogens with zero attached hydrogens (tertiary/aromatic N) is 4. The molecule has 0 aliphatic heterocycles. The third-order valence-electron chi connectivity index (χ3n) is 4.61. The van der Waals surface area contributed by atoms with Gasteiger partial charge in [0.15, 0.2) is 19.5 Å². The number of halogens is 1. The summed E-state index contributed by atoms with van der Waals surface area (Å²) in [5.74, 6) is 0.831. The number of nitrogens with two attached hydrogens (primary N) is 1. The molecule has 4 aromatic rings. The number of hydrogen-bond donors (Lipinski definition) is 2. The van der Waals surface area contributed by atoms with Crippen molar-refractivity contribution in [1.82, 2.24) is 19.3 Å². The molecule has 0 aliphatic rings. The van der Waals surface area contributed by atoms with Crippen molar-refractivity contribution < 1.29 is 14.2 Å². The van der Waals surface area contributed by atoms with Gasteiger partial charge in [0.2, 0.25) is 0 Å². The Morgan fingerprint density at radius 3 is 2.87 bits per heavy atom. The number of aliphatic hydroxyl groups excluding tert-OH is 1. The molecule has 0 saturated heterocycles. The van der Waals surface area contributed by atoms with Gasteiger partial charge in [-0.25, -0.2) is 9.37 Å². The number of aromatic nitrogens is 3. The van der Waals surface area contributed by atoms with Crippen molar-refractivity contribution in [3.8, 4) is 22.2 Å². The Morgan fingerprint density at radius 1 is 1.27 bits per heavy atom. The molecule has 3 aromatic heterocycles. The number of imidazole rings is 1. The van der Waals surface area contributed by atoms with Crippen LogP contribution in [0.2, 0.25) is 0 Å². The highest BCUT2D eigenvalue weighted by molar-refractivity contribution is 7.22. The largest absolute Gasteiger partial charge is 0.453 e. The number of rotatable bonds is 7. The van der Waals surface area contributed by atoms with Crippen LogP contribution >= 0.6 is 11.3 Å². The number of aliphatic hydroxyl groups is 1. The molecule has 0 amide bonds. The van der Waals surface area contributed by atoms with Crippen LogP contribution in [0.25, 0.3) is 20.9 Å². The Labute approximate surface area is 178 Å². The molecule has 3 heterocycles. The molecule has 0 fully saturated rings. The van der Waals surface area contributed by atoms with E-state index in [2.05, 4.69) is 9.97 Å². The van der Waals surface area contributed by atoms with Crippen LogP contribution in [0.15, 0.2) is 42.7 Å². The number of benzene rings is 1. The molecular weight excluding hydrogens is 404 g/mol. The summed E-state index contributed by atoms with van der Waals surface area (Å²) in [6.07, 6.45) is 3.37. The van der Waals surface area contributed by atoms with Crippen LogP contribution in [0.3, 0.4) is 0 Å². The van der Waals surface area contributed by atoms with Gasteiger partial charge < -0.3 is 25.0 Å². The fourth-order valence-electron chi connectivity index (χ4n) is 3.06. The highest BCUT2D eigenvalue weighted by Gasteiger charge is 2.16. The van der Waals surface area contributed by atoms with E-state index < -0.39 is 5.82 Å². The Hall–Kier alpha value is -2.95. The SMILES string of the molecule is [B]N(CCO)Cc1cnc(-c2cc3nccc(Oc4ccc(N)cc4F)c3s2)n1C. The van der Waals surface area contributed by atoms with E-state index in [1.54, 1.807) is 24.5 Å². The number of nitrogen functional groups attached to an aromatic ring is 1. The molecule has 0 atom stereocenters. The molecule has 2 radical (unpaired) electrons. The average Bonchev–Trinajstić information content (AvgIpc) is 3.28. The minimum absolute atomic E-state index is 0.0133. The number of thiophene rings is 1.